The van der Waals surface area contributed by atoms with E-state index in [1.807, 2.05) is 0 Å². The molecule has 0 bridgehead atoms. The Labute approximate surface area is 118 Å². The summed E-state index contributed by atoms with van der Waals surface area (Å²) in [4.78, 5) is 10.6. The number of halogens is 4. The van der Waals surface area contributed by atoms with Gasteiger partial charge in [0.2, 0.25) is 0 Å². The van der Waals surface area contributed by atoms with Gasteiger partial charge in [0.1, 0.15) is 0 Å². The molecule has 1 N–H and O–H groups in total. The van der Waals surface area contributed by atoms with Crippen LogP contribution >= 0.6 is 10.7 Å². The molecule has 9 heteroatoms. The van der Waals surface area contributed by atoms with Crippen LogP contribution in [0.3, 0.4) is 0 Å². The zero-order chi connectivity index (χ0) is 15.6. The standard InChI is InChI=1S/C11H11ClF3NO3S/c1-7(16-10(17)11(13,14)15)6-8-4-2-3-5-9(8)20(12,18)19/h2-5,7H,6H2,1H3,(H,16,17). The van der Waals surface area contributed by atoms with Crippen LogP contribution in [0, 0.1) is 0 Å². The molecule has 1 aromatic carbocycles. The quantitative estimate of drug-likeness (QED) is 0.862. The summed E-state index contributed by atoms with van der Waals surface area (Å²) in [7, 11) is 1.23. The first kappa shape index (κ1) is 16.8. The largest absolute Gasteiger partial charge is 0.471 e. The lowest BCUT2D eigenvalue weighted by molar-refractivity contribution is -0.174. The maximum absolute atomic E-state index is 12.1. The Kier molecular flexibility index (Phi) is 5.04. The van der Waals surface area contributed by atoms with Crippen molar-refractivity contribution < 1.29 is 26.4 Å². The third kappa shape index (κ3) is 4.68. The maximum Gasteiger partial charge on any atom is 0.471 e. The molecule has 112 valence electrons. The number of nitrogens with one attached hydrogen (secondary N) is 1. The number of hydrogen-bond donors (Lipinski definition) is 1. The molecule has 0 saturated carbocycles. The van der Waals surface area contributed by atoms with Gasteiger partial charge in [-0.2, -0.15) is 13.2 Å². The highest BCUT2D eigenvalue weighted by molar-refractivity contribution is 8.13. The van der Waals surface area contributed by atoms with Crippen LogP contribution in [0.1, 0.15) is 12.5 Å². The summed E-state index contributed by atoms with van der Waals surface area (Å²) in [5.41, 5.74) is 0.234. The van der Waals surface area contributed by atoms with Gasteiger partial charge in [-0.25, -0.2) is 8.42 Å². The smallest absolute Gasteiger partial charge is 0.345 e. The molecule has 0 aliphatic heterocycles. The number of carbonyl (C=O) groups excluding carboxylic acids is 1. The molecule has 0 radical (unpaired) electrons. The van der Waals surface area contributed by atoms with Gasteiger partial charge in [-0.05, 0) is 25.0 Å². The second kappa shape index (κ2) is 6.01. The van der Waals surface area contributed by atoms with Gasteiger partial charge in [-0.1, -0.05) is 18.2 Å². The molecule has 0 spiro atoms. The van der Waals surface area contributed by atoms with Gasteiger partial charge < -0.3 is 5.32 Å². The van der Waals surface area contributed by atoms with Crippen molar-refractivity contribution >= 4 is 25.6 Å². The molecule has 0 aliphatic rings. The van der Waals surface area contributed by atoms with Gasteiger partial charge in [-0.3, -0.25) is 4.79 Å². The molecule has 1 amide bonds. The number of carbonyl (C=O) groups is 1. The summed E-state index contributed by atoms with van der Waals surface area (Å²) in [6, 6.07) is 4.74. The van der Waals surface area contributed by atoms with E-state index in [0.29, 0.717) is 0 Å². The van der Waals surface area contributed by atoms with Crippen LogP contribution < -0.4 is 5.32 Å². The van der Waals surface area contributed by atoms with Crippen LogP contribution in [-0.2, 0) is 20.3 Å². The second-order valence-electron chi connectivity index (χ2n) is 4.12. The molecule has 0 aliphatic carbocycles. The highest BCUT2D eigenvalue weighted by Gasteiger charge is 2.39. The van der Waals surface area contributed by atoms with Gasteiger partial charge >= 0.3 is 12.1 Å². The molecule has 1 rings (SSSR count). The normalized spacial score (nSPS) is 13.8. The van der Waals surface area contributed by atoms with Crippen LogP contribution in [0.5, 0.6) is 0 Å². The average molecular weight is 330 g/mol. The van der Waals surface area contributed by atoms with E-state index in [2.05, 4.69) is 0 Å². The molecule has 1 unspecified atom stereocenters. The first-order chi connectivity index (χ1) is 9.01. The van der Waals surface area contributed by atoms with Gasteiger partial charge in [0.25, 0.3) is 9.05 Å². The fraction of sp³-hybridized carbons (Fsp3) is 0.364. The number of rotatable bonds is 4. The molecule has 0 aromatic heterocycles. The van der Waals surface area contributed by atoms with Gasteiger partial charge in [0.15, 0.2) is 0 Å². The molecular formula is C11H11ClF3NO3S. The Balaban J connectivity index is 2.87. The minimum atomic E-state index is -4.98. The van der Waals surface area contributed by atoms with Crippen molar-refractivity contribution in [3.63, 3.8) is 0 Å². The third-order valence-electron chi connectivity index (χ3n) is 2.40. The number of alkyl halides is 3. The molecule has 4 nitrogen and oxygen atoms in total. The van der Waals surface area contributed by atoms with Crippen molar-refractivity contribution in [2.45, 2.75) is 30.5 Å². The fourth-order valence-electron chi connectivity index (χ4n) is 1.60. The first-order valence-corrected chi connectivity index (χ1v) is 7.73. The van der Waals surface area contributed by atoms with E-state index in [1.54, 1.807) is 5.32 Å². The molecule has 0 saturated heterocycles. The minimum absolute atomic E-state index is 0.0933. The van der Waals surface area contributed by atoms with Crippen LogP contribution in [0.4, 0.5) is 13.2 Å². The summed E-state index contributed by atoms with van der Waals surface area (Å²) >= 11 is 0. The summed E-state index contributed by atoms with van der Waals surface area (Å²) in [6.07, 6.45) is -5.07. The third-order valence-corrected chi connectivity index (χ3v) is 3.82. The molecule has 1 atom stereocenters. The van der Waals surface area contributed by atoms with E-state index >= 15 is 0 Å². The molecule has 1 aromatic rings. The fourth-order valence-corrected chi connectivity index (χ4v) is 2.75. The van der Waals surface area contributed by atoms with Gasteiger partial charge in [0.05, 0.1) is 4.90 Å². The van der Waals surface area contributed by atoms with E-state index in [9.17, 15) is 26.4 Å². The Morgan fingerprint density at radius 3 is 2.40 bits per heavy atom. The Morgan fingerprint density at radius 1 is 1.35 bits per heavy atom. The highest BCUT2D eigenvalue weighted by atomic mass is 35.7. The predicted molar refractivity (Wildman–Crippen MR) is 66.8 cm³/mol. The van der Waals surface area contributed by atoms with Crippen LogP contribution in [0.25, 0.3) is 0 Å². The average Bonchev–Trinajstić information content (AvgIpc) is 2.26. The molecular weight excluding hydrogens is 319 g/mol. The maximum atomic E-state index is 12.1. The second-order valence-corrected chi connectivity index (χ2v) is 6.66. The lowest BCUT2D eigenvalue weighted by Crippen LogP contribution is -2.42. The summed E-state index contributed by atoms with van der Waals surface area (Å²) in [5.74, 6) is -2.07. The Morgan fingerprint density at radius 2 is 1.90 bits per heavy atom. The van der Waals surface area contributed by atoms with Crippen molar-refractivity contribution in [3.8, 4) is 0 Å². The molecule has 0 fully saturated rings. The van der Waals surface area contributed by atoms with Crippen molar-refractivity contribution in [1.82, 2.24) is 5.32 Å². The van der Waals surface area contributed by atoms with Crippen LogP contribution in [-0.4, -0.2) is 26.5 Å². The molecule has 0 heterocycles. The van der Waals surface area contributed by atoms with Gasteiger partial charge in [0, 0.05) is 16.7 Å². The number of benzene rings is 1. The zero-order valence-electron chi connectivity index (χ0n) is 10.2. The Hall–Kier alpha value is -1.28. The summed E-state index contributed by atoms with van der Waals surface area (Å²) < 4.78 is 58.9. The van der Waals surface area contributed by atoms with Crippen molar-refractivity contribution in [2.24, 2.45) is 0 Å². The lowest BCUT2D eigenvalue weighted by atomic mass is 10.1. The Bertz CT molecular complexity index is 601. The van der Waals surface area contributed by atoms with Crippen LogP contribution in [0.2, 0.25) is 0 Å². The van der Waals surface area contributed by atoms with Crippen LogP contribution in [0.15, 0.2) is 29.2 Å². The van der Waals surface area contributed by atoms with E-state index in [4.69, 9.17) is 10.7 Å². The van der Waals surface area contributed by atoms with Crippen molar-refractivity contribution in [1.29, 1.82) is 0 Å². The summed E-state index contributed by atoms with van der Waals surface area (Å²) in [6.45, 7) is 1.33. The summed E-state index contributed by atoms with van der Waals surface area (Å²) in [5, 5.41) is 1.75. The molecule has 20 heavy (non-hydrogen) atoms. The van der Waals surface area contributed by atoms with Gasteiger partial charge in [-0.15, -0.1) is 0 Å². The first-order valence-electron chi connectivity index (χ1n) is 5.42. The number of amides is 1. The number of hydrogen-bond acceptors (Lipinski definition) is 3. The van der Waals surface area contributed by atoms with Crippen molar-refractivity contribution in [2.75, 3.05) is 0 Å². The zero-order valence-corrected chi connectivity index (χ0v) is 11.8. The van der Waals surface area contributed by atoms with Crippen molar-refractivity contribution in [3.05, 3.63) is 29.8 Å². The van der Waals surface area contributed by atoms with E-state index < -0.39 is 27.2 Å². The minimum Gasteiger partial charge on any atom is -0.345 e. The van der Waals surface area contributed by atoms with E-state index in [1.165, 1.54) is 31.2 Å². The lowest BCUT2D eigenvalue weighted by Gasteiger charge is -2.16. The predicted octanol–water partition coefficient (Wildman–Crippen LogP) is 2.22. The SMILES string of the molecule is CC(Cc1ccccc1S(=O)(=O)Cl)NC(=O)C(F)(F)F. The van der Waals surface area contributed by atoms with E-state index in [-0.39, 0.29) is 16.9 Å². The van der Waals surface area contributed by atoms with E-state index in [0.717, 1.165) is 0 Å². The topological polar surface area (TPSA) is 63.2 Å². The monoisotopic (exact) mass is 329 g/mol. The highest BCUT2D eigenvalue weighted by Crippen LogP contribution is 2.21.